The van der Waals surface area contributed by atoms with E-state index in [4.69, 9.17) is 19.7 Å². The maximum atomic E-state index is 12.1. The molecule has 8 nitrogen and oxygen atoms in total. The molecule has 0 bridgehead atoms. The van der Waals surface area contributed by atoms with Crippen LogP contribution in [0.3, 0.4) is 0 Å². The van der Waals surface area contributed by atoms with Crippen LogP contribution in [0.25, 0.3) is 0 Å². The number of aliphatic carboxylic acids is 2. The molecular formula is C32H28O8. The Kier molecular flexibility index (Phi) is 11.2. The molecular weight excluding hydrogens is 512 g/mol. The first-order valence-electron chi connectivity index (χ1n) is 12.4. The molecule has 40 heavy (non-hydrogen) atoms. The lowest BCUT2D eigenvalue weighted by molar-refractivity contribution is -0.148. The number of benzene rings is 4. The monoisotopic (exact) mass is 540 g/mol. The zero-order valence-electron chi connectivity index (χ0n) is 21.6. The van der Waals surface area contributed by atoms with Crippen molar-refractivity contribution in [3.05, 3.63) is 131 Å². The molecule has 0 atom stereocenters. The quantitative estimate of drug-likeness (QED) is 0.157. The molecule has 4 rings (SSSR count). The van der Waals surface area contributed by atoms with Crippen LogP contribution in [0.2, 0.25) is 0 Å². The lowest BCUT2D eigenvalue weighted by Crippen LogP contribution is -2.18. The number of esters is 2. The van der Waals surface area contributed by atoms with E-state index in [0.29, 0.717) is 11.5 Å². The van der Waals surface area contributed by atoms with Gasteiger partial charge in [0.25, 0.3) is 0 Å². The van der Waals surface area contributed by atoms with Gasteiger partial charge in [0.15, 0.2) is 0 Å². The van der Waals surface area contributed by atoms with E-state index in [0.717, 1.165) is 24.0 Å². The first-order chi connectivity index (χ1) is 19.3. The first kappa shape index (κ1) is 29.3. The molecule has 8 heteroatoms. The van der Waals surface area contributed by atoms with Crippen molar-refractivity contribution in [2.24, 2.45) is 0 Å². The number of rotatable bonds is 10. The summed E-state index contributed by atoms with van der Waals surface area (Å²) in [6.07, 6.45) is 0.328. The van der Waals surface area contributed by atoms with Crippen LogP contribution in [0.4, 0.5) is 0 Å². The maximum absolute atomic E-state index is 12.1. The molecule has 0 fully saturated rings. The lowest BCUT2D eigenvalue weighted by atomic mass is 10.1. The van der Waals surface area contributed by atoms with Gasteiger partial charge < -0.3 is 19.7 Å². The van der Waals surface area contributed by atoms with Crippen LogP contribution < -0.4 is 9.47 Å². The lowest BCUT2D eigenvalue weighted by Gasteiger charge is -2.07. The Bertz CT molecular complexity index is 1290. The number of carbonyl (C=O) groups is 4. The van der Waals surface area contributed by atoms with Gasteiger partial charge in [-0.3, -0.25) is 19.2 Å². The minimum Gasteiger partial charge on any atom is -0.481 e. The summed E-state index contributed by atoms with van der Waals surface area (Å²) in [6.45, 7) is 0. The van der Waals surface area contributed by atoms with Crippen LogP contribution in [0.1, 0.15) is 35.1 Å². The molecule has 0 saturated heterocycles. The van der Waals surface area contributed by atoms with Crippen LogP contribution in [0.15, 0.2) is 109 Å². The van der Waals surface area contributed by atoms with E-state index in [1.165, 1.54) is 11.1 Å². The molecule has 0 amide bonds. The van der Waals surface area contributed by atoms with Crippen molar-refractivity contribution in [1.82, 2.24) is 0 Å². The summed E-state index contributed by atoms with van der Waals surface area (Å²) in [5.74, 6) is -3.14. The highest BCUT2D eigenvalue weighted by Gasteiger charge is 2.14. The molecule has 0 aromatic heterocycles. The highest BCUT2D eigenvalue weighted by atomic mass is 16.6. The first-order valence-corrected chi connectivity index (χ1v) is 12.4. The Morgan fingerprint density at radius 2 is 0.775 bits per heavy atom. The van der Waals surface area contributed by atoms with Gasteiger partial charge in [0, 0.05) is 0 Å². The zero-order valence-corrected chi connectivity index (χ0v) is 21.6. The predicted molar refractivity (Wildman–Crippen MR) is 147 cm³/mol. The van der Waals surface area contributed by atoms with Crippen LogP contribution in [0, 0.1) is 0 Å². The van der Waals surface area contributed by atoms with Gasteiger partial charge in [-0.25, -0.2) is 0 Å². The van der Waals surface area contributed by atoms with Crippen molar-refractivity contribution < 1.29 is 38.9 Å². The van der Waals surface area contributed by atoms with Crippen LogP contribution in [0.5, 0.6) is 11.5 Å². The summed E-state index contributed by atoms with van der Waals surface area (Å²) < 4.78 is 10.5. The summed E-state index contributed by atoms with van der Waals surface area (Å²) in [6, 6.07) is 34.8. The van der Waals surface area contributed by atoms with Crippen molar-refractivity contribution in [2.45, 2.75) is 25.7 Å². The highest BCUT2D eigenvalue weighted by molar-refractivity contribution is 5.93. The number of carbonyl (C=O) groups excluding carboxylic acids is 2. The molecule has 0 spiro atoms. The number of ether oxygens (including phenoxy) is 2. The highest BCUT2D eigenvalue weighted by Crippen LogP contribution is 2.18. The topological polar surface area (TPSA) is 127 Å². The molecule has 0 radical (unpaired) electrons. The molecule has 0 unspecified atom stereocenters. The van der Waals surface area contributed by atoms with Crippen molar-refractivity contribution >= 4 is 23.9 Å². The van der Waals surface area contributed by atoms with Crippen LogP contribution >= 0.6 is 0 Å². The SMILES string of the molecule is O=C(CC(=O)Oc1ccc(Cc2ccccc2)cc1)Oc1ccc(Cc2ccccc2)cc1.O=C(O)CC(=O)O. The summed E-state index contributed by atoms with van der Waals surface area (Å²) in [5.41, 5.74) is 4.63. The van der Waals surface area contributed by atoms with Gasteiger partial charge in [0.2, 0.25) is 0 Å². The third kappa shape index (κ3) is 11.0. The van der Waals surface area contributed by atoms with E-state index in [9.17, 15) is 19.2 Å². The van der Waals surface area contributed by atoms with Crippen molar-refractivity contribution in [1.29, 1.82) is 0 Å². The fourth-order valence-electron chi connectivity index (χ4n) is 3.60. The average Bonchev–Trinajstić information content (AvgIpc) is 2.91. The number of carboxylic acids is 2. The third-order valence-electron chi connectivity index (χ3n) is 5.40. The van der Waals surface area contributed by atoms with E-state index >= 15 is 0 Å². The van der Waals surface area contributed by atoms with Gasteiger partial charge in [-0.15, -0.1) is 0 Å². The molecule has 4 aromatic rings. The fourth-order valence-corrected chi connectivity index (χ4v) is 3.60. The summed E-state index contributed by atoms with van der Waals surface area (Å²) in [7, 11) is 0. The second-order valence-corrected chi connectivity index (χ2v) is 8.70. The minimum absolute atomic E-state index is 0.398. The number of hydrogen-bond acceptors (Lipinski definition) is 6. The largest absolute Gasteiger partial charge is 0.481 e. The molecule has 0 saturated carbocycles. The van der Waals surface area contributed by atoms with E-state index in [2.05, 4.69) is 24.3 Å². The molecule has 0 aliphatic rings. The second-order valence-electron chi connectivity index (χ2n) is 8.70. The summed E-state index contributed by atoms with van der Waals surface area (Å²) in [5, 5.41) is 15.4. The standard InChI is InChI=1S/C29H24O4.C3H4O4/c30-28(32-26-15-11-24(12-16-26)19-22-7-3-1-4-8-22)21-29(31)33-27-17-13-25(14-18-27)20-23-9-5-2-6-10-23;4-2(5)1-3(6)7/h1-18H,19-21H2;1H2,(H,4,5)(H,6,7). The van der Waals surface area contributed by atoms with Gasteiger partial charge in [-0.05, 0) is 59.4 Å². The summed E-state index contributed by atoms with van der Waals surface area (Å²) in [4.78, 5) is 43.1. The third-order valence-corrected chi connectivity index (χ3v) is 5.40. The Morgan fingerprint density at radius 3 is 1.07 bits per heavy atom. The van der Waals surface area contributed by atoms with Gasteiger partial charge in [0.05, 0.1) is 0 Å². The Labute approximate surface area is 231 Å². The van der Waals surface area contributed by atoms with E-state index in [1.807, 2.05) is 60.7 Å². The van der Waals surface area contributed by atoms with Gasteiger partial charge in [-0.2, -0.15) is 0 Å². The van der Waals surface area contributed by atoms with Crippen molar-refractivity contribution in [3.63, 3.8) is 0 Å². The van der Waals surface area contributed by atoms with Crippen molar-refractivity contribution in [2.75, 3.05) is 0 Å². The number of hydrogen-bond donors (Lipinski definition) is 2. The predicted octanol–water partition coefficient (Wildman–Crippen LogP) is 5.32. The van der Waals surface area contributed by atoms with Gasteiger partial charge in [0.1, 0.15) is 24.3 Å². The average molecular weight is 541 g/mol. The van der Waals surface area contributed by atoms with E-state index in [1.54, 1.807) is 24.3 Å². The van der Waals surface area contributed by atoms with E-state index in [-0.39, 0.29) is 0 Å². The van der Waals surface area contributed by atoms with Crippen molar-refractivity contribution in [3.8, 4) is 11.5 Å². The fraction of sp³-hybridized carbons (Fsp3) is 0.125. The molecule has 0 aliphatic carbocycles. The maximum Gasteiger partial charge on any atom is 0.322 e. The van der Waals surface area contributed by atoms with Crippen LogP contribution in [-0.2, 0) is 32.0 Å². The molecule has 0 aliphatic heterocycles. The molecule has 2 N–H and O–H groups in total. The van der Waals surface area contributed by atoms with Gasteiger partial charge in [-0.1, -0.05) is 84.9 Å². The molecule has 0 heterocycles. The Balaban J connectivity index is 0.000000559. The summed E-state index contributed by atoms with van der Waals surface area (Å²) >= 11 is 0. The molecule has 204 valence electrons. The van der Waals surface area contributed by atoms with Crippen LogP contribution in [-0.4, -0.2) is 34.1 Å². The molecule has 4 aromatic carbocycles. The second kappa shape index (κ2) is 15.2. The zero-order chi connectivity index (χ0) is 28.7. The Hall–Kier alpha value is -5.24. The van der Waals surface area contributed by atoms with Gasteiger partial charge >= 0.3 is 23.9 Å². The number of carboxylic acid groups (broad SMARTS) is 2. The smallest absolute Gasteiger partial charge is 0.322 e. The Morgan fingerprint density at radius 1 is 0.450 bits per heavy atom. The normalized spacial score (nSPS) is 10.0. The van der Waals surface area contributed by atoms with E-state index < -0.39 is 36.7 Å². The minimum atomic E-state index is -1.31.